The first-order valence-electron chi connectivity index (χ1n) is 5.66. The standard InChI is InChI=1S/C14H21N/c1-6-12(5)15-14-9-13(10(2)3)8-7-11(14)4/h6-11H,1-5H3/b12-6-,15-14?. The topological polar surface area (TPSA) is 12.4 Å². The molecule has 0 spiro atoms. The number of hydrogen-bond acceptors (Lipinski definition) is 1. The van der Waals surface area contributed by atoms with Crippen LogP contribution in [0.2, 0.25) is 0 Å². The van der Waals surface area contributed by atoms with E-state index >= 15 is 0 Å². The molecule has 0 saturated carbocycles. The molecule has 0 amide bonds. The summed E-state index contributed by atoms with van der Waals surface area (Å²) in [6, 6.07) is 0. The average Bonchev–Trinajstić information content (AvgIpc) is 2.20. The van der Waals surface area contributed by atoms with Crippen molar-refractivity contribution < 1.29 is 0 Å². The fraction of sp³-hybridized carbons (Fsp3) is 0.500. The van der Waals surface area contributed by atoms with Gasteiger partial charge in [0.2, 0.25) is 0 Å². The zero-order chi connectivity index (χ0) is 11.4. The van der Waals surface area contributed by atoms with Gasteiger partial charge in [0.1, 0.15) is 0 Å². The van der Waals surface area contributed by atoms with E-state index in [0.717, 1.165) is 5.70 Å². The molecule has 0 heterocycles. The fourth-order valence-electron chi connectivity index (χ4n) is 1.47. The Morgan fingerprint density at radius 1 is 1.47 bits per heavy atom. The quantitative estimate of drug-likeness (QED) is 0.639. The molecule has 0 aromatic carbocycles. The van der Waals surface area contributed by atoms with Gasteiger partial charge < -0.3 is 0 Å². The van der Waals surface area contributed by atoms with Crippen LogP contribution < -0.4 is 0 Å². The summed E-state index contributed by atoms with van der Waals surface area (Å²) in [5, 5.41) is 0. The highest BCUT2D eigenvalue weighted by atomic mass is 14.7. The summed E-state index contributed by atoms with van der Waals surface area (Å²) >= 11 is 0. The van der Waals surface area contributed by atoms with Gasteiger partial charge in [-0.05, 0) is 31.4 Å². The molecule has 1 heteroatoms. The van der Waals surface area contributed by atoms with E-state index in [4.69, 9.17) is 0 Å². The first-order valence-corrected chi connectivity index (χ1v) is 5.66. The summed E-state index contributed by atoms with van der Waals surface area (Å²) in [5.41, 5.74) is 3.64. The summed E-state index contributed by atoms with van der Waals surface area (Å²) in [4.78, 5) is 4.62. The molecule has 0 aliphatic heterocycles. The van der Waals surface area contributed by atoms with E-state index in [-0.39, 0.29) is 0 Å². The molecule has 0 radical (unpaired) electrons. The Hall–Kier alpha value is -1.11. The number of allylic oxidation sites excluding steroid dienone is 6. The number of rotatable bonds is 2. The molecule has 15 heavy (non-hydrogen) atoms. The molecule has 82 valence electrons. The molecule has 1 aliphatic carbocycles. The molecule has 0 fully saturated rings. The second kappa shape index (κ2) is 5.11. The van der Waals surface area contributed by atoms with Crippen molar-refractivity contribution in [2.75, 3.05) is 0 Å². The van der Waals surface area contributed by atoms with E-state index in [1.165, 1.54) is 11.3 Å². The van der Waals surface area contributed by atoms with Crippen molar-refractivity contribution in [3.8, 4) is 0 Å². The second-order valence-corrected chi connectivity index (χ2v) is 4.41. The molecule has 0 aromatic rings. The minimum atomic E-state index is 0.433. The fourth-order valence-corrected chi connectivity index (χ4v) is 1.47. The van der Waals surface area contributed by atoms with Gasteiger partial charge in [0, 0.05) is 17.3 Å². The van der Waals surface area contributed by atoms with E-state index in [1.807, 2.05) is 19.9 Å². The summed E-state index contributed by atoms with van der Waals surface area (Å²) in [6.45, 7) is 10.7. The van der Waals surface area contributed by atoms with Gasteiger partial charge in [0.05, 0.1) is 0 Å². The van der Waals surface area contributed by atoms with Gasteiger partial charge in [0.15, 0.2) is 0 Å². The van der Waals surface area contributed by atoms with Crippen molar-refractivity contribution in [1.29, 1.82) is 0 Å². The van der Waals surface area contributed by atoms with Crippen LogP contribution in [-0.4, -0.2) is 5.71 Å². The van der Waals surface area contributed by atoms with Crippen LogP contribution in [0.15, 0.2) is 40.6 Å². The third-order valence-electron chi connectivity index (χ3n) is 2.75. The van der Waals surface area contributed by atoms with Gasteiger partial charge in [-0.15, -0.1) is 0 Å². The van der Waals surface area contributed by atoms with Gasteiger partial charge in [-0.3, -0.25) is 4.99 Å². The van der Waals surface area contributed by atoms with Crippen molar-refractivity contribution in [3.63, 3.8) is 0 Å². The maximum atomic E-state index is 4.62. The third-order valence-corrected chi connectivity index (χ3v) is 2.75. The Bertz CT molecular complexity index is 340. The van der Waals surface area contributed by atoms with Crippen LogP contribution in [0.4, 0.5) is 0 Å². The van der Waals surface area contributed by atoms with Crippen LogP contribution in [0.3, 0.4) is 0 Å². The molecule has 0 bridgehead atoms. The molecule has 0 aromatic heterocycles. The Kier molecular flexibility index (Phi) is 4.07. The van der Waals surface area contributed by atoms with Gasteiger partial charge in [-0.1, -0.05) is 39.0 Å². The van der Waals surface area contributed by atoms with E-state index in [2.05, 4.69) is 44.0 Å². The highest BCUT2D eigenvalue weighted by molar-refractivity contribution is 6.00. The maximum absolute atomic E-state index is 4.62. The smallest absolute Gasteiger partial charge is 0.0475 e. The van der Waals surface area contributed by atoms with Crippen LogP contribution >= 0.6 is 0 Å². The van der Waals surface area contributed by atoms with Crippen LogP contribution in [0, 0.1) is 11.8 Å². The lowest BCUT2D eigenvalue weighted by Gasteiger charge is -2.17. The van der Waals surface area contributed by atoms with Crippen LogP contribution in [0.5, 0.6) is 0 Å². The molecule has 1 atom stereocenters. The Balaban J connectivity index is 2.99. The predicted octanol–water partition coefficient (Wildman–Crippen LogP) is 4.14. The third kappa shape index (κ3) is 3.19. The summed E-state index contributed by atoms with van der Waals surface area (Å²) < 4.78 is 0. The predicted molar refractivity (Wildman–Crippen MR) is 68.1 cm³/mol. The zero-order valence-electron chi connectivity index (χ0n) is 10.4. The molecular weight excluding hydrogens is 182 g/mol. The lowest BCUT2D eigenvalue weighted by atomic mass is 9.91. The summed E-state index contributed by atoms with van der Waals surface area (Å²) in [7, 11) is 0. The zero-order valence-corrected chi connectivity index (χ0v) is 10.4. The van der Waals surface area contributed by atoms with Gasteiger partial charge >= 0.3 is 0 Å². The Morgan fingerprint density at radius 3 is 2.67 bits per heavy atom. The van der Waals surface area contributed by atoms with Crippen molar-refractivity contribution in [1.82, 2.24) is 0 Å². The van der Waals surface area contributed by atoms with Crippen LogP contribution in [0.1, 0.15) is 34.6 Å². The highest BCUT2D eigenvalue weighted by Crippen LogP contribution is 2.20. The second-order valence-electron chi connectivity index (χ2n) is 4.41. The molecule has 0 saturated heterocycles. The van der Waals surface area contributed by atoms with Gasteiger partial charge in [-0.25, -0.2) is 0 Å². The van der Waals surface area contributed by atoms with E-state index in [0.29, 0.717) is 11.8 Å². The summed E-state index contributed by atoms with van der Waals surface area (Å²) in [5.74, 6) is 1.01. The van der Waals surface area contributed by atoms with E-state index < -0.39 is 0 Å². The van der Waals surface area contributed by atoms with E-state index in [1.54, 1.807) is 0 Å². The van der Waals surface area contributed by atoms with Crippen molar-refractivity contribution in [2.45, 2.75) is 34.6 Å². The summed E-state index contributed by atoms with van der Waals surface area (Å²) in [6.07, 6.45) is 8.72. The maximum Gasteiger partial charge on any atom is 0.0475 e. The molecular formula is C14H21N. The van der Waals surface area contributed by atoms with Crippen molar-refractivity contribution >= 4 is 5.71 Å². The average molecular weight is 203 g/mol. The molecule has 1 unspecified atom stereocenters. The van der Waals surface area contributed by atoms with Crippen molar-refractivity contribution in [2.24, 2.45) is 16.8 Å². The van der Waals surface area contributed by atoms with Gasteiger partial charge in [-0.2, -0.15) is 0 Å². The van der Waals surface area contributed by atoms with Crippen LogP contribution in [-0.2, 0) is 0 Å². The first kappa shape index (κ1) is 12.0. The van der Waals surface area contributed by atoms with Gasteiger partial charge in [0.25, 0.3) is 0 Å². The molecule has 0 N–H and O–H groups in total. The number of aliphatic imine (C=N–C) groups is 1. The minimum absolute atomic E-state index is 0.433. The highest BCUT2D eigenvalue weighted by Gasteiger charge is 2.12. The molecule has 1 aliphatic rings. The SMILES string of the molecule is C/C=C(/C)N=C1C=C(C(C)C)C=CC1C. The van der Waals surface area contributed by atoms with Crippen LogP contribution in [0.25, 0.3) is 0 Å². The van der Waals surface area contributed by atoms with Crippen molar-refractivity contribution in [3.05, 3.63) is 35.6 Å². The lowest BCUT2D eigenvalue weighted by Crippen LogP contribution is -2.12. The number of hydrogen-bond donors (Lipinski definition) is 0. The minimum Gasteiger partial charge on any atom is -0.258 e. The lowest BCUT2D eigenvalue weighted by molar-refractivity contribution is 0.784. The molecule has 1 nitrogen and oxygen atoms in total. The monoisotopic (exact) mass is 203 g/mol. The normalized spacial score (nSPS) is 24.9. The molecule has 1 rings (SSSR count). The largest absolute Gasteiger partial charge is 0.258 e. The number of nitrogens with zero attached hydrogens (tertiary/aromatic N) is 1. The Labute approximate surface area is 93.3 Å². The van der Waals surface area contributed by atoms with E-state index in [9.17, 15) is 0 Å². The Morgan fingerprint density at radius 2 is 2.13 bits per heavy atom. The first-order chi connectivity index (χ1) is 7.04.